The number of thioether (sulfide) groups is 1. The fraction of sp³-hybridized carbons (Fsp3) is 0.375. The van der Waals surface area contributed by atoms with E-state index in [0.717, 1.165) is 13.1 Å². The van der Waals surface area contributed by atoms with Crippen LogP contribution < -0.4 is 9.13 Å². The Balaban J connectivity index is 1.51. The number of aryl methyl sites for hydroxylation is 2. The van der Waals surface area contributed by atoms with E-state index in [1.165, 1.54) is 24.3 Å². The summed E-state index contributed by atoms with van der Waals surface area (Å²) >= 11 is 2.04. The van der Waals surface area contributed by atoms with Crippen LogP contribution in [0.5, 0.6) is 0 Å². The van der Waals surface area contributed by atoms with Gasteiger partial charge >= 0.3 is 0 Å². The van der Waals surface area contributed by atoms with E-state index < -0.39 is 0 Å². The molecule has 0 aromatic carbocycles. The summed E-state index contributed by atoms with van der Waals surface area (Å²) in [6.07, 6.45) is 18.4. The van der Waals surface area contributed by atoms with Crippen LogP contribution in [0, 0.1) is 0 Å². The van der Waals surface area contributed by atoms with Gasteiger partial charge in [0.15, 0.2) is 0 Å². The monoisotopic (exact) mass is 304 g/mol. The van der Waals surface area contributed by atoms with Crippen molar-refractivity contribution in [1.82, 2.24) is 9.13 Å². The molecule has 0 bridgehead atoms. The maximum Gasteiger partial charge on any atom is 0.248 e. The molecule has 0 aliphatic carbocycles. The Hall–Kier alpha value is -1.75. The molecule has 2 aromatic rings. The minimum absolute atomic E-state index is 1.07. The average molecular weight is 304 g/mol. The lowest BCUT2D eigenvalue weighted by atomic mass is 10.5. The number of hydrogen-bond donors (Lipinski definition) is 0. The number of imidazole rings is 2. The van der Waals surface area contributed by atoms with Gasteiger partial charge in [0.2, 0.25) is 12.7 Å². The van der Waals surface area contributed by atoms with Gasteiger partial charge in [0, 0.05) is 0 Å². The van der Waals surface area contributed by atoms with E-state index in [1.54, 1.807) is 0 Å². The largest absolute Gasteiger partial charge is 0.248 e. The van der Waals surface area contributed by atoms with Crippen LogP contribution in [0.2, 0.25) is 0 Å². The molecule has 0 saturated carbocycles. The first-order valence-electron chi connectivity index (χ1n) is 7.27. The molecule has 5 heteroatoms. The minimum atomic E-state index is 1.07. The Morgan fingerprint density at radius 2 is 1.90 bits per heavy atom. The van der Waals surface area contributed by atoms with Gasteiger partial charge in [-0.25, -0.2) is 18.3 Å². The zero-order valence-electron chi connectivity index (χ0n) is 12.5. The van der Waals surface area contributed by atoms with E-state index in [0.29, 0.717) is 0 Å². The van der Waals surface area contributed by atoms with Crippen molar-refractivity contribution in [2.24, 2.45) is 0 Å². The lowest BCUT2D eigenvalue weighted by Gasteiger charge is -1.99. The number of rotatable bonds is 10. The summed E-state index contributed by atoms with van der Waals surface area (Å²) < 4.78 is 8.35. The van der Waals surface area contributed by atoms with Gasteiger partial charge in [0.25, 0.3) is 0 Å². The van der Waals surface area contributed by atoms with Crippen molar-refractivity contribution in [3.05, 3.63) is 50.6 Å². The molecule has 0 amide bonds. The summed E-state index contributed by atoms with van der Waals surface area (Å²) in [6.45, 7) is 9.63. The molecule has 0 spiro atoms. The SMILES string of the molecule is C=Cn1cc[n+](CCCSCCCn2cc[n+](C=C)c2)c1. The maximum atomic E-state index is 3.74. The van der Waals surface area contributed by atoms with Crippen molar-refractivity contribution in [3.8, 4) is 0 Å². The standard InChI is InChI=1S/C16H24N4S/c1-3-17-9-11-19(15-17)7-5-13-21-14-6-8-20-12-10-18(4-2)16-20/h3-4,9-12,15-16H,1-2,5-8,13-14H2/q+2. The van der Waals surface area contributed by atoms with Crippen molar-refractivity contribution in [2.75, 3.05) is 11.5 Å². The number of aromatic nitrogens is 4. The summed E-state index contributed by atoms with van der Waals surface area (Å²) in [4.78, 5) is 0. The molecule has 2 rings (SSSR count). The summed E-state index contributed by atoms with van der Waals surface area (Å²) in [7, 11) is 0. The summed E-state index contributed by atoms with van der Waals surface area (Å²) in [6, 6.07) is 0. The molecule has 2 aromatic heterocycles. The third-order valence-electron chi connectivity index (χ3n) is 3.26. The molecule has 0 fully saturated rings. The highest BCUT2D eigenvalue weighted by atomic mass is 32.2. The number of nitrogens with zero attached hydrogens (tertiary/aromatic N) is 4. The average Bonchev–Trinajstić information content (AvgIpc) is 3.15. The van der Waals surface area contributed by atoms with E-state index in [2.05, 4.69) is 47.3 Å². The highest BCUT2D eigenvalue weighted by molar-refractivity contribution is 7.99. The van der Waals surface area contributed by atoms with E-state index in [9.17, 15) is 0 Å². The summed E-state index contributed by atoms with van der Waals surface area (Å²) in [5, 5.41) is 0. The molecule has 4 nitrogen and oxygen atoms in total. The maximum absolute atomic E-state index is 3.74. The molecule has 0 unspecified atom stereocenters. The van der Waals surface area contributed by atoms with Gasteiger partial charge in [0.1, 0.15) is 24.8 Å². The van der Waals surface area contributed by atoms with E-state index in [1.807, 2.05) is 45.7 Å². The van der Waals surface area contributed by atoms with Gasteiger partial charge in [-0.05, 0) is 24.3 Å². The second-order valence-corrected chi connectivity index (χ2v) is 6.11. The molecule has 0 aliphatic rings. The lowest BCUT2D eigenvalue weighted by Crippen LogP contribution is -2.31. The molecule has 0 saturated heterocycles. The molecular weight excluding hydrogens is 280 g/mol. The van der Waals surface area contributed by atoms with Gasteiger partial charge < -0.3 is 0 Å². The smallest absolute Gasteiger partial charge is 0.236 e. The first kappa shape index (κ1) is 15.6. The molecule has 112 valence electrons. The van der Waals surface area contributed by atoms with Crippen LogP contribution in [0.15, 0.2) is 50.6 Å². The van der Waals surface area contributed by atoms with Crippen LogP contribution in [0.1, 0.15) is 12.8 Å². The molecule has 0 aliphatic heterocycles. The third-order valence-corrected chi connectivity index (χ3v) is 4.41. The summed E-state index contributed by atoms with van der Waals surface area (Å²) in [5.41, 5.74) is 0. The predicted molar refractivity (Wildman–Crippen MR) is 88.6 cm³/mol. The van der Waals surface area contributed by atoms with Crippen molar-refractivity contribution in [3.63, 3.8) is 0 Å². The van der Waals surface area contributed by atoms with Gasteiger partial charge in [-0.2, -0.15) is 11.8 Å². The first-order valence-corrected chi connectivity index (χ1v) is 8.43. The Morgan fingerprint density at radius 1 is 1.05 bits per heavy atom. The van der Waals surface area contributed by atoms with E-state index in [-0.39, 0.29) is 0 Å². The van der Waals surface area contributed by atoms with Crippen molar-refractivity contribution >= 4 is 24.2 Å². The second kappa shape index (κ2) is 8.52. The van der Waals surface area contributed by atoms with Crippen LogP contribution in [0.3, 0.4) is 0 Å². The third kappa shape index (κ3) is 5.27. The van der Waals surface area contributed by atoms with Crippen molar-refractivity contribution in [1.29, 1.82) is 0 Å². The fourth-order valence-electron chi connectivity index (χ4n) is 2.10. The van der Waals surface area contributed by atoms with Crippen molar-refractivity contribution < 1.29 is 9.13 Å². The Morgan fingerprint density at radius 3 is 2.62 bits per heavy atom. The topological polar surface area (TPSA) is 17.6 Å². The lowest BCUT2D eigenvalue weighted by molar-refractivity contribution is -0.695. The summed E-state index contributed by atoms with van der Waals surface area (Å²) in [5.74, 6) is 2.43. The Labute approximate surface area is 131 Å². The minimum Gasteiger partial charge on any atom is -0.236 e. The van der Waals surface area contributed by atoms with Gasteiger partial charge in [0.05, 0.1) is 25.5 Å². The molecule has 21 heavy (non-hydrogen) atoms. The van der Waals surface area contributed by atoms with Gasteiger partial charge in [-0.1, -0.05) is 13.2 Å². The van der Waals surface area contributed by atoms with Crippen LogP contribution in [0.4, 0.5) is 0 Å². The molecule has 2 heterocycles. The predicted octanol–water partition coefficient (Wildman–Crippen LogP) is 2.28. The molecule has 0 atom stereocenters. The first-order chi connectivity index (χ1) is 10.3. The molecule has 0 N–H and O–H groups in total. The van der Waals surface area contributed by atoms with Crippen molar-refractivity contribution in [2.45, 2.75) is 25.9 Å². The number of hydrogen-bond acceptors (Lipinski definition) is 1. The Kier molecular flexibility index (Phi) is 6.34. The molecular formula is C16H24N4S+2. The van der Waals surface area contributed by atoms with Crippen LogP contribution in [-0.4, -0.2) is 20.6 Å². The Bertz CT molecular complexity index is 520. The molecule has 0 radical (unpaired) electrons. The highest BCUT2D eigenvalue weighted by Crippen LogP contribution is 2.05. The second-order valence-electron chi connectivity index (χ2n) is 4.88. The van der Waals surface area contributed by atoms with Gasteiger partial charge in [-0.3, -0.25) is 0 Å². The van der Waals surface area contributed by atoms with Crippen LogP contribution in [0.25, 0.3) is 12.4 Å². The zero-order valence-corrected chi connectivity index (χ0v) is 13.3. The fourth-order valence-corrected chi connectivity index (χ4v) is 2.97. The van der Waals surface area contributed by atoms with E-state index in [4.69, 9.17) is 0 Å². The zero-order chi connectivity index (χ0) is 14.9. The van der Waals surface area contributed by atoms with E-state index >= 15 is 0 Å². The van der Waals surface area contributed by atoms with Crippen LogP contribution >= 0.6 is 11.8 Å². The highest BCUT2D eigenvalue weighted by Gasteiger charge is 2.02. The quantitative estimate of drug-likeness (QED) is 0.486. The van der Waals surface area contributed by atoms with Gasteiger partial charge in [-0.15, -0.1) is 0 Å². The normalized spacial score (nSPS) is 10.7. The van der Waals surface area contributed by atoms with Crippen LogP contribution in [-0.2, 0) is 13.1 Å².